The first kappa shape index (κ1) is 15.6. The molecule has 4 nitrogen and oxygen atoms in total. The molecule has 0 atom stereocenters. The van der Waals surface area contributed by atoms with Gasteiger partial charge in [0.25, 0.3) is 0 Å². The minimum Gasteiger partial charge on any atom is -0.488 e. The molecule has 0 spiro atoms. The van der Waals surface area contributed by atoms with E-state index in [0.717, 1.165) is 21.0 Å². The summed E-state index contributed by atoms with van der Waals surface area (Å²) in [6.07, 6.45) is 1.37. The van der Waals surface area contributed by atoms with E-state index in [1.807, 2.05) is 18.2 Å². The first-order chi connectivity index (χ1) is 11.0. The maximum Gasteiger partial charge on any atom is 0.307 e. The predicted octanol–water partition coefficient (Wildman–Crippen LogP) is 4.54. The summed E-state index contributed by atoms with van der Waals surface area (Å²) < 4.78 is 25.2. The Morgan fingerprint density at radius 1 is 1.26 bits per heavy atom. The van der Waals surface area contributed by atoms with Gasteiger partial charge in [-0.2, -0.15) is 0 Å². The van der Waals surface area contributed by atoms with Gasteiger partial charge in [-0.1, -0.05) is 6.07 Å². The van der Waals surface area contributed by atoms with Gasteiger partial charge in [0.1, 0.15) is 23.8 Å². The maximum atomic E-state index is 13.4. The average Bonchev–Trinajstić information content (AvgIpc) is 2.96. The van der Waals surface area contributed by atoms with Crippen LogP contribution in [0.2, 0.25) is 0 Å². The van der Waals surface area contributed by atoms with Crippen LogP contribution in [0.1, 0.15) is 11.1 Å². The van der Waals surface area contributed by atoms with Crippen molar-refractivity contribution >= 4 is 32.9 Å². The lowest BCUT2D eigenvalue weighted by Gasteiger charge is -2.11. The molecule has 0 unspecified atom stereocenters. The van der Waals surface area contributed by atoms with E-state index in [1.54, 1.807) is 6.26 Å². The summed E-state index contributed by atoms with van der Waals surface area (Å²) in [7, 11) is 0. The van der Waals surface area contributed by atoms with Crippen LogP contribution in [0.4, 0.5) is 4.39 Å². The molecule has 6 heteroatoms. The Morgan fingerprint density at radius 2 is 2.09 bits per heavy atom. The number of hydrogen-bond acceptors (Lipinski definition) is 3. The van der Waals surface area contributed by atoms with Gasteiger partial charge in [0.2, 0.25) is 0 Å². The van der Waals surface area contributed by atoms with Crippen LogP contribution in [-0.4, -0.2) is 11.1 Å². The zero-order valence-corrected chi connectivity index (χ0v) is 13.5. The number of aliphatic carboxylic acids is 1. The summed E-state index contributed by atoms with van der Waals surface area (Å²) in [4.78, 5) is 10.9. The van der Waals surface area contributed by atoms with Gasteiger partial charge in [-0.3, -0.25) is 4.79 Å². The van der Waals surface area contributed by atoms with Crippen molar-refractivity contribution in [3.8, 4) is 5.75 Å². The molecule has 0 radical (unpaired) electrons. The second kappa shape index (κ2) is 6.42. The quantitative estimate of drug-likeness (QED) is 0.707. The molecule has 3 aromatic rings. The molecule has 118 valence electrons. The molecule has 1 N–H and O–H groups in total. The number of rotatable bonds is 5. The fourth-order valence-electron chi connectivity index (χ4n) is 2.31. The molecular weight excluding hydrogens is 367 g/mol. The minimum absolute atomic E-state index is 0.190. The molecule has 0 bridgehead atoms. The monoisotopic (exact) mass is 378 g/mol. The molecule has 23 heavy (non-hydrogen) atoms. The molecule has 0 saturated heterocycles. The smallest absolute Gasteiger partial charge is 0.307 e. The van der Waals surface area contributed by atoms with E-state index in [0.29, 0.717) is 5.56 Å². The van der Waals surface area contributed by atoms with E-state index in [-0.39, 0.29) is 18.8 Å². The summed E-state index contributed by atoms with van der Waals surface area (Å²) in [6.45, 7) is 0.190. The summed E-state index contributed by atoms with van der Waals surface area (Å²) in [5.41, 5.74) is 2.03. The molecule has 0 amide bonds. The molecule has 2 aromatic carbocycles. The first-order valence-corrected chi connectivity index (χ1v) is 7.61. The van der Waals surface area contributed by atoms with Crippen molar-refractivity contribution in [2.75, 3.05) is 0 Å². The third-order valence-corrected chi connectivity index (χ3v) is 3.92. The highest BCUT2D eigenvalue weighted by Crippen LogP contribution is 2.28. The highest BCUT2D eigenvalue weighted by atomic mass is 79.9. The largest absolute Gasteiger partial charge is 0.488 e. The van der Waals surface area contributed by atoms with E-state index in [9.17, 15) is 9.18 Å². The molecular formula is C17H12BrFO4. The Hall–Kier alpha value is -2.34. The molecule has 0 aliphatic heterocycles. The Bertz CT molecular complexity index is 872. The van der Waals surface area contributed by atoms with Crippen LogP contribution < -0.4 is 4.74 Å². The third kappa shape index (κ3) is 3.53. The molecule has 0 saturated carbocycles. The maximum absolute atomic E-state index is 13.4. The topological polar surface area (TPSA) is 59.7 Å². The van der Waals surface area contributed by atoms with Gasteiger partial charge in [-0.05, 0) is 45.8 Å². The Kier molecular flexibility index (Phi) is 4.34. The van der Waals surface area contributed by atoms with Crippen LogP contribution in [0.3, 0.4) is 0 Å². The van der Waals surface area contributed by atoms with E-state index >= 15 is 0 Å². The second-order valence-electron chi connectivity index (χ2n) is 5.03. The van der Waals surface area contributed by atoms with Crippen molar-refractivity contribution in [3.63, 3.8) is 0 Å². The number of fused-ring (bicyclic) bond motifs is 1. The number of carboxylic acid groups (broad SMARTS) is 1. The van der Waals surface area contributed by atoms with Crippen LogP contribution in [0, 0.1) is 5.82 Å². The SMILES string of the molecule is O=C(O)Cc1ccc(F)cc1OCc1cc(Br)c2occc2c1. The van der Waals surface area contributed by atoms with Crippen molar-refractivity contribution in [1.29, 1.82) is 0 Å². The van der Waals surface area contributed by atoms with Gasteiger partial charge in [0.05, 0.1) is 17.2 Å². The number of carbonyl (C=O) groups is 1. The van der Waals surface area contributed by atoms with E-state index < -0.39 is 11.8 Å². The lowest BCUT2D eigenvalue weighted by molar-refractivity contribution is -0.136. The van der Waals surface area contributed by atoms with Crippen LogP contribution in [0.25, 0.3) is 11.0 Å². The van der Waals surface area contributed by atoms with Crippen molar-refractivity contribution in [1.82, 2.24) is 0 Å². The standard InChI is InChI=1S/C17H12BrFO4/c18-14-6-10(5-12-3-4-22-17(12)14)9-23-15-8-13(19)2-1-11(15)7-16(20)21/h1-6,8H,7,9H2,(H,20,21). The van der Waals surface area contributed by atoms with Crippen LogP contribution in [-0.2, 0) is 17.8 Å². The zero-order chi connectivity index (χ0) is 16.4. The van der Waals surface area contributed by atoms with Gasteiger partial charge in [0.15, 0.2) is 0 Å². The van der Waals surface area contributed by atoms with E-state index in [2.05, 4.69) is 15.9 Å². The van der Waals surface area contributed by atoms with Crippen molar-refractivity contribution in [2.45, 2.75) is 13.0 Å². The number of hydrogen-bond donors (Lipinski definition) is 1. The third-order valence-electron chi connectivity index (χ3n) is 3.33. The summed E-state index contributed by atoms with van der Waals surface area (Å²) >= 11 is 3.42. The van der Waals surface area contributed by atoms with Gasteiger partial charge in [-0.15, -0.1) is 0 Å². The van der Waals surface area contributed by atoms with E-state index in [1.165, 1.54) is 18.2 Å². The average molecular weight is 379 g/mol. The molecule has 1 heterocycles. The Morgan fingerprint density at radius 3 is 2.87 bits per heavy atom. The van der Waals surface area contributed by atoms with Gasteiger partial charge < -0.3 is 14.3 Å². The van der Waals surface area contributed by atoms with Crippen molar-refractivity contribution in [3.05, 3.63) is 64.1 Å². The fourth-order valence-corrected chi connectivity index (χ4v) is 2.93. The van der Waals surface area contributed by atoms with Crippen LogP contribution >= 0.6 is 15.9 Å². The number of benzene rings is 2. The molecule has 0 aliphatic carbocycles. The minimum atomic E-state index is -0.996. The normalized spacial score (nSPS) is 10.9. The molecule has 0 aliphatic rings. The van der Waals surface area contributed by atoms with Crippen molar-refractivity contribution in [2.24, 2.45) is 0 Å². The summed E-state index contributed by atoms with van der Waals surface area (Å²) in [5.74, 6) is -1.24. The number of ether oxygens (including phenoxy) is 1. The van der Waals surface area contributed by atoms with Crippen LogP contribution in [0.15, 0.2) is 51.6 Å². The number of halogens is 2. The number of furan rings is 1. The van der Waals surface area contributed by atoms with Gasteiger partial charge in [0, 0.05) is 17.0 Å². The summed E-state index contributed by atoms with van der Waals surface area (Å²) in [6, 6.07) is 9.43. The first-order valence-electron chi connectivity index (χ1n) is 6.81. The lowest BCUT2D eigenvalue weighted by Crippen LogP contribution is -2.04. The Labute approximate surface area is 139 Å². The second-order valence-corrected chi connectivity index (χ2v) is 5.88. The fraction of sp³-hybridized carbons (Fsp3) is 0.118. The number of carboxylic acids is 1. The van der Waals surface area contributed by atoms with E-state index in [4.69, 9.17) is 14.3 Å². The molecule has 3 rings (SSSR count). The molecule has 0 fully saturated rings. The van der Waals surface area contributed by atoms with Crippen LogP contribution in [0.5, 0.6) is 5.75 Å². The van der Waals surface area contributed by atoms with Crippen molar-refractivity contribution < 1.29 is 23.4 Å². The predicted molar refractivity (Wildman–Crippen MR) is 86.0 cm³/mol. The molecule has 1 aromatic heterocycles. The van der Waals surface area contributed by atoms with Gasteiger partial charge >= 0.3 is 5.97 Å². The highest BCUT2D eigenvalue weighted by molar-refractivity contribution is 9.10. The van der Waals surface area contributed by atoms with Gasteiger partial charge in [-0.25, -0.2) is 4.39 Å². The Balaban J connectivity index is 1.84. The summed E-state index contributed by atoms with van der Waals surface area (Å²) in [5, 5.41) is 9.83. The zero-order valence-electron chi connectivity index (χ0n) is 11.9. The lowest BCUT2D eigenvalue weighted by atomic mass is 10.1. The highest BCUT2D eigenvalue weighted by Gasteiger charge is 2.11.